The molecule has 6 heteroatoms. The van der Waals surface area contributed by atoms with E-state index < -0.39 is 12.1 Å². The molecule has 2 unspecified atom stereocenters. The molecule has 0 aromatic carbocycles. The zero-order chi connectivity index (χ0) is 46.5. The maximum Gasteiger partial charge on any atom is 0.305 e. The first-order chi connectivity index (χ1) is 31.5. The van der Waals surface area contributed by atoms with Gasteiger partial charge in [-0.25, -0.2) is 0 Å². The summed E-state index contributed by atoms with van der Waals surface area (Å²) < 4.78 is 5.45. The lowest BCUT2D eigenvalue weighted by atomic mass is 10.0. The molecule has 0 aliphatic carbocycles. The first-order valence-electron chi connectivity index (χ1n) is 28.9. The van der Waals surface area contributed by atoms with E-state index in [1.54, 1.807) is 0 Å². The number of amides is 1. The Morgan fingerprint density at radius 3 is 1.11 bits per heavy atom. The van der Waals surface area contributed by atoms with Crippen molar-refractivity contribution in [3.63, 3.8) is 0 Å². The summed E-state index contributed by atoms with van der Waals surface area (Å²) in [4.78, 5) is 24.5. The summed E-state index contributed by atoms with van der Waals surface area (Å²) in [5, 5.41) is 23.3. The van der Waals surface area contributed by atoms with Crippen molar-refractivity contribution in [2.24, 2.45) is 0 Å². The monoisotopic (exact) mass is 904 g/mol. The van der Waals surface area contributed by atoms with Crippen molar-refractivity contribution in [1.82, 2.24) is 5.32 Å². The largest absolute Gasteiger partial charge is 0.466 e. The normalized spacial score (nSPS) is 12.6. The Hall–Kier alpha value is -1.40. The summed E-state index contributed by atoms with van der Waals surface area (Å²) in [6, 6.07) is -0.560. The predicted octanol–water partition coefficient (Wildman–Crippen LogP) is 17.7. The number of aliphatic hydroxyl groups excluding tert-OH is 2. The van der Waals surface area contributed by atoms with Crippen molar-refractivity contribution < 1.29 is 24.5 Å². The molecule has 0 bridgehead atoms. The molecule has 0 fully saturated rings. The fraction of sp³-hybridized carbons (Fsp3) is 0.931. The highest BCUT2D eigenvalue weighted by Crippen LogP contribution is 2.18. The van der Waals surface area contributed by atoms with Crippen LogP contribution in [0.1, 0.15) is 322 Å². The van der Waals surface area contributed by atoms with Gasteiger partial charge in [-0.1, -0.05) is 264 Å². The molecule has 3 N–H and O–H groups in total. The first kappa shape index (κ1) is 62.6. The van der Waals surface area contributed by atoms with Crippen LogP contribution in [-0.4, -0.2) is 47.4 Å². The van der Waals surface area contributed by atoms with E-state index in [4.69, 9.17) is 4.74 Å². The van der Waals surface area contributed by atoms with E-state index in [1.165, 1.54) is 212 Å². The fourth-order valence-corrected chi connectivity index (χ4v) is 9.11. The third-order valence-electron chi connectivity index (χ3n) is 13.6. The van der Waals surface area contributed by atoms with Gasteiger partial charge in [0.05, 0.1) is 25.4 Å². The molecule has 0 spiro atoms. The highest BCUT2D eigenvalue weighted by atomic mass is 16.5. The minimum absolute atomic E-state index is 0.0202. The van der Waals surface area contributed by atoms with Crippen molar-refractivity contribution in [2.75, 3.05) is 13.2 Å². The lowest BCUT2D eigenvalue weighted by molar-refractivity contribution is -0.143. The third kappa shape index (κ3) is 50.0. The lowest BCUT2D eigenvalue weighted by Crippen LogP contribution is -2.45. The van der Waals surface area contributed by atoms with Crippen molar-refractivity contribution >= 4 is 11.9 Å². The van der Waals surface area contributed by atoms with E-state index >= 15 is 0 Å². The zero-order valence-corrected chi connectivity index (χ0v) is 43.3. The van der Waals surface area contributed by atoms with Crippen molar-refractivity contribution in [3.05, 3.63) is 12.2 Å². The molecular weight excluding hydrogens is 791 g/mol. The van der Waals surface area contributed by atoms with Crippen LogP contribution in [0.15, 0.2) is 12.2 Å². The minimum Gasteiger partial charge on any atom is -0.466 e. The van der Waals surface area contributed by atoms with Crippen LogP contribution < -0.4 is 5.32 Å². The number of allylic oxidation sites excluding steroid dienone is 2. The van der Waals surface area contributed by atoms with Gasteiger partial charge in [0.2, 0.25) is 5.91 Å². The Labute approximate surface area is 399 Å². The Bertz CT molecular complexity index is 955. The smallest absolute Gasteiger partial charge is 0.305 e. The molecule has 1 amide bonds. The molecule has 0 radical (unpaired) electrons. The number of nitrogens with one attached hydrogen (secondary N) is 1. The number of unbranched alkanes of at least 4 members (excludes halogenated alkanes) is 41. The number of esters is 1. The Morgan fingerprint density at radius 2 is 0.734 bits per heavy atom. The molecule has 2 atom stereocenters. The van der Waals surface area contributed by atoms with Crippen LogP contribution in [0.5, 0.6) is 0 Å². The second-order valence-corrected chi connectivity index (χ2v) is 20.0. The molecule has 0 saturated carbocycles. The molecule has 380 valence electrons. The first-order valence-corrected chi connectivity index (χ1v) is 28.9. The van der Waals surface area contributed by atoms with Gasteiger partial charge < -0.3 is 20.3 Å². The van der Waals surface area contributed by atoms with Gasteiger partial charge in [-0.15, -0.1) is 0 Å². The summed E-state index contributed by atoms with van der Waals surface area (Å²) in [6.45, 7) is 4.92. The number of carbonyl (C=O) groups excluding carboxylic acids is 2. The second-order valence-electron chi connectivity index (χ2n) is 20.0. The maximum absolute atomic E-state index is 12.5. The number of ether oxygens (including phenoxy) is 1. The van der Waals surface area contributed by atoms with E-state index in [0.29, 0.717) is 25.9 Å². The number of hydrogen-bond donors (Lipinski definition) is 3. The van der Waals surface area contributed by atoms with Gasteiger partial charge in [-0.2, -0.15) is 0 Å². The van der Waals surface area contributed by atoms with Gasteiger partial charge in [0.15, 0.2) is 0 Å². The van der Waals surface area contributed by atoms with Crippen LogP contribution in [0.4, 0.5) is 0 Å². The molecule has 0 aromatic heterocycles. The summed E-state index contributed by atoms with van der Waals surface area (Å²) in [7, 11) is 0. The maximum atomic E-state index is 12.5. The molecule has 0 rings (SSSR count). The van der Waals surface area contributed by atoms with Crippen molar-refractivity contribution in [1.29, 1.82) is 0 Å². The van der Waals surface area contributed by atoms with E-state index in [9.17, 15) is 19.8 Å². The number of hydrogen-bond acceptors (Lipinski definition) is 5. The lowest BCUT2D eigenvalue weighted by Gasteiger charge is -2.22. The topological polar surface area (TPSA) is 95.9 Å². The van der Waals surface area contributed by atoms with Crippen LogP contribution in [0.2, 0.25) is 0 Å². The van der Waals surface area contributed by atoms with Crippen LogP contribution in [0, 0.1) is 0 Å². The van der Waals surface area contributed by atoms with Crippen LogP contribution in [0.25, 0.3) is 0 Å². The molecule has 0 aromatic rings. The molecule has 0 aliphatic heterocycles. The van der Waals surface area contributed by atoms with E-state index in [2.05, 4.69) is 31.3 Å². The second kappa shape index (κ2) is 54.2. The highest BCUT2D eigenvalue weighted by Gasteiger charge is 2.20. The number of aliphatic hydroxyl groups is 2. The summed E-state index contributed by atoms with van der Waals surface area (Å²) in [5.74, 6) is -0.0773. The quantitative estimate of drug-likeness (QED) is 0.0321. The van der Waals surface area contributed by atoms with Gasteiger partial charge in [0, 0.05) is 12.8 Å². The summed E-state index contributed by atoms with van der Waals surface area (Å²) >= 11 is 0. The molecule has 0 heterocycles. The molecule has 64 heavy (non-hydrogen) atoms. The summed E-state index contributed by atoms with van der Waals surface area (Å²) in [6.07, 6.45) is 63.4. The van der Waals surface area contributed by atoms with E-state index in [1.807, 2.05) is 0 Å². The SMILES string of the molecule is CCCCCCCCCCCCCCCCCCCCCCCCC(O)C(CO)NC(=O)CCCCCCC/C=C\CCCCCOC(=O)CCCCCCCCCCCCCCC. The van der Waals surface area contributed by atoms with E-state index in [0.717, 1.165) is 77.0 Å². The van der Waals surface area contributed by atoms with Crippen LogP contribution in [0.3, 0.4) is 0 Å². The van der Waals surface area contributed by atoms with Crippen LogP contribution in [-0.2, 0) is 14.3 Å². The summed E-state index contributed by atoms with van der Waals surface area (Å²) in [5.41, 5.74) is 0. The molecule has 0 aliphatic rings. The minimum atomic E-state index is -0.680. The highest BCUT2D eigenvalue weighted by molar-refractivity contribution is 5.76. The van der Waals surface area contributed by atoms with Gasteiger partial charge in [-0.05, 0) is 57.8 Å². The van der Waals surface area contributed by atoms with E-state index in [-0.39, 0.29) is 18.5 Å². The van der Waals surface area contributed by atoms with Gasteiger partial charge in [0.25, 0.3) is 0 Å². The average molecular weight is 905 g/mol. The van der Waals surface area contributed by atoms with Crippen molar-refractivity contribution in [2.45, 2.75) is 334 Å². The van der Waals surface area contributed by atoms with Gasteiger partial charge in [-0.3, -0.25) is 9.59 Å². The standard InChI is InChI=1S/C58H113NO5/c1-3-5-7-9-11-13-15-17-18-19-20-21-22-23-24-25-27-30-34-38-42-46-50-56(61)55(54-60)59-57(62)51-47-43-39-35-31-28-29-33-37-41-45-49-53-64-58(63)52-48-44-40-36-32-26-16-14-12-10-8-6-4-2/h29,33,55-56,60-61H,3-28,30-32,34-54H2,1-2H3,(H,59,62)/b33-29-. The molecular formula is C58H113NO5. The van der Waals surface area contributed by atoms with Gasteiger partial charge in [0.1, 0.15) is 0 Å². The zero-order valence-electron chi connectivity index (χ0n) is 43.3. The van der Waals surface area contributed by atoms with Gasteiger partial charge >= 0.3 is 5.97 Å². The van der Waals surface area contributed by atoms with Crippen LogP contribution >= 0.6 is 0 Å². The fourth-order valence-electron chi connectivity index (χ4n) is 9.11. The molecule has 6 nitrogen and oxygen atoms in total. The number of carbonyl (C=O) groups is 2. The third-order valence-corrected chi connectivity index (χ3v) is 13.6. The average Bonchev–Trinajstić information content (AvgIpc) is 3.29. The predicted molar refractivity (Wildman–Crippen MR) is 278 cm³/mol. The Balaban J connectivity index is 3.48. The Kier molecular flexibility index (Phi) is 53.0. The number of rotatable bonds is 54. The van der Waals surface area contributed by atoms with Crippen molar-refractivity contribution in [3.8, 4) is 0 Å². The molecule has 0 saturated heterocycles. The Morgan fingerprint density at radius 1 is 0.422 bits per heavy atom.